The molecule has 24 heavy (non-hydrogen) atoms. The van der Waals surface area contributed by atoms with Crippen LogP contribution < -0.4 is 4.90 Å². The molecule has 130 valence electrons. The number of hydrogen-bond acceptors (Lipinski definition) is 8. The van der Waals surface area contributed by atoms with E-state index in [0.717, 1.165) is 0 Å². The Morgan fingerprint density at radius 3 is 2.92 bits per heavy atom. The van der Waals surface area contributed by atoms with Crippen LogP contribution in [0.2, 0.25) is 5.15 Å². The van der Waals surface area contributed by atoms with Crippen LogP contribution in [-0.2, 0) is 4.74 Å². The molecule has 0 aliphatic carbocycles. The van der Waals surface area contributed by atoms with E-state index < -0.39 is 18.4 Å². The van der Waals surface area contributed by atoms with E-state index in [2.05, 4.69) is 21.5 Å². The Hall–Kier alpha value is -1.39. The molecule has 1 saturated heterocycles. The molecule has 1 aromatic rings. The van der Waals surface area contributed by atoms with Crippen LogP contribution in [0.3, 0.4) is 0 Å². The molecule has 0 amide bonds. The van der Waals surface area contributed by atoms with Gasteiger partial charge in [0.05, 0.1) is 29.0 Å². The monoisotopic (exact) mass is 371 g/mol. The number of aliphatic hydroxyl groups is 2. The fourth-order valence-corrected chi connectivity index (χ4v) is 3.68. The van der Waals surface area contributed by atoms with E-state index in [1.54, 1.807) is 16.1 Å². The van der Waals surface area contributed by atoms with E-state index in [-0.39, 0.29) is 17.7 Å². The first-order valence-electron chi connectivity index (χ1n) is 7.29. The fourth-order valence-electron chi connectivity index (χ4n) is 2.50. The maximum absolute atomic E-state index is 9.97. The largest absolute Gasteiger partial charge is 0.394 e. The van der Waals surface area contributed by atoms with Gasteiger partial charge in [0.1, 0.15) is 12.3 Å². The van der Waals surface area contributed by atoms with Crippen molar-refractivity contribution in [2.24, 2.45) is 4.99 Å². The van der Waals surface area contributed by atoms with Crippen molar-refractivity contribution in [2.75, 3.05) is 25.6 Å². The van der Waals surface area contributed by atoms with Gasteiger partial charge in [0.25, 0.3) is 5.95 Å². The van der Waals surface area contributed by atoms with Gasteiger partial charge < -0.3 is 19.8 Å². The third-order valence-corrected chi connectivity index (χ3v) is 4.99. The van der Waals surface area contributed by atoms with E-state index >= 15 is 0 Å². The van der Waals surface area contributed by atoms with Gasteiger partial charge in [-0.1, -0.05) is 29.9 Å². The third kappa shape index (κ3) is 3.22. The first-order valence-corrected chi connectivity index (χ1v) is 8.48. The highest BCUT2D eigenvalue weighted by Gasteiger charge is 2.42. The molecule has 2 aliphatic rings. The second-order valence-electron chi connectivity index (χ2n) is 5.66. The van der Waals surface area contributed by atoms with Crippen LogP contribution in [0, 0.1) is 0 Å². The molecular weight excluding hydrogens is 354 g/mol. The third-order valence-electron chi connectivity index (χ3n) is 3.59. The summed E-state index contributed by atoms with van der Waals surface area (Å²) in [7, 11) is 3.68. The molecule has 0 aromatic carbocycles. The maximum atomic E-state index is 9.97. The van der Waals surface area contributed by atoms with E-state index in [9.17, 15) is 10.2 Å². The molecule has 0 unspecified atom stereocenters. The van der Waals surface area contributed by atoms with Gasteiger partial charge in [0, 0.05) is 20.5 Å². The second-order valence-corrected chi connectivity index (χ2v) is 7.10. The standard InChI is InChI=1S/C14H18ClN5O3S/c1-7-20(10-4-8(22)9(5-21)23-10)13-11(24-7)12(15)17-14(18-13)16-6-19(2)3/h6,8-10,21-22H,1,4-5H2,2-3H3/b16-6-/t8-,9+,10+/m0/s1. The highest BCUT2D eigenvalue weighted by atomic mass is 35.5. The van der Waals surface area contributed by atoms with Crippen molar-refractivity contribution in [1.82, 2.24) is 14.9 Å². The second kappa shape index (κ2) is 6.85. The molecule has 0 radical (unpaired) electrons. The predicted molar refractivity (Wildman–Crippen MR) is 92.7 cm³/mol. The first kappa shape index (κ1) is 17.4. The molecule has 1 fully saturated rings. The van der Waals surface area contributed by atoms with E-state index in [4.69, 9.17) is 16.3 Å². The van der Waals surface area contributed by atoms with Gasteiger partial charge in [-0.2, -0.15) is 9.97 Å². The average Bonchev–Trinajstić information content (AvgIpc) is 3.04. The van der Waals surface area contributed by atoms with Crippen LogP contribution in [0.15, 0.2) is 21.5 Å². The van der Waals surface area contributed by atoms with Gasteiger partial charge in [-0.05, 0) is 0 Å². The summed E-state index contributed by atoms with van der Waals surface area (Å²) in [5.41, 5.74) is 0. The Kier molecular flexibility index (Phi) is 4.97. The summed E-state index contributed by atoms with van der Waals surface area (Å²) >= 11 is 7.60. The van der Waals surface area contributed by atoms with E-state index in [0.29, 0.717) is 22.2 Å². The number of fused-ring (bicyclic) bond motifs is 1. The van der Waals surface area contributed by atoms with Crippen molar-refractivity contribution < 1.29 is 14.9 Å². The zero-order valence-electron chi connectivity index (χ0n) is 13.3. The van der Waals surface area contributed by atoms with Gasteiger partial charge in [-0.25, -0.2) is 4.99 Å². The molecule has 3 heterocycles. The summed E-state index contributed by atoms with van der Waals surface area (Å²) in [5, 5.41) is 20.2. The number of hydrogen-bond donors (Lipinski definition) is 2. The van der Waals surface area contributed by atoms with Gasteiger partial charge in [-0.3, -0.25) is 4.90 Å². The number of rotatable bonds is 4. The number of halogens is 1. The minimum atomic E-state index is -0.745. The number of anilines is 1. The van der Waals surface area contributed by atoms with Crippen molar-refractivity contribution in [3.8, 4) is 0 Å². The topological polar surface area (TPSA) is 94.3 Å². The van der Waals surface area contributed by atoms with Gasteiger partial charge in [-0.15, -0.1) is 0 Å². The summed E-state index contributed by atoms with van der Waals surface area (Å²) in [6.45, 7) is 3.76. The minimum Gasteiger partial charge on any atom is -0.394 e. The number of aliphatic hydroxyl groups excluding tert-OH is 2. The molecule has 2 aliphatic heterocycles. The molecule has 0 saturated carbocycles. The Balaban J connectivity index is 1.94. The molecule has 8 nitrogen and oxygen atoms in total. The summed E-state index contributed by atoms with van der Waals surface area (Å²) in [6, 6.07) is 0. The molecule has 3 rings (SSSR count). The number of nitrogens with zero attached hydrogens (tertiary/aromatic N) is 5. The number of thioether (sulfide) groups is 1. The normalized spacial score (nSPS) is 26.5. The number of aromatic nitrogens is 2. The molecule has 0 spiro atoms. The van der Waals surface area contributed by atoms with Gasteiger partial charge in [0.2, 0.25) is 0 Å². The average molecular weight is 372 g/mol. The minimum absolute atomic E-state index is 0.227. The molecule has 1 aromatic heterocycles. The van der Waals surface area contributed by atoms with Crippen molar-refractivity contribution in [1.29, 1.82) is 0 Å². The maximum Gasteiger partial charge on any atom is 0.254 e. The molecule has 0 bridgehead atoms. The van der Waals surface area contributed by atoms with Crippen molar-refractivity contribution in [2.45, 2.75) is 29.8 Å². The van der Waals surface area contributed by atoms with Crippen LogP contribution in [0.25, 0.3) is 0 Å². The fraction of sp³-hybridized carbons (Fsp3) is 0.500. The van der Waals surface area contributed by atoms with Crippen LogP contribution in [-0.4, -0.2) is 70.6 Å². The molecule has 10 heteroatoms. The highest BCUT2D eigenvalue weighted by Crippen LogP contribution is 2.50. The molecule has 2 N–H and O–H groups in total. The zero-order chi connectivity index (χ0) is 17.4. The number of aliphatic imine (C=N–C) groups is 1. The van der Waals surface area contributed by atoms with Gasteiger partial charge >= 0.3 is 0 Å². The van der Waals surface area contributed by atoms with Crippen molar-refractivity contribution >= 4 is 41.5 Å². The lowest BCUT2D eigenvalue weighted by molar-refractivity contribution is -0.0204. The van der Waals surface area contributed by atoms with E-state index in [1.165, 1.54) is 11.8 Å². The lowest BCUT2D eigenvalue weighted by atomic mass is 10.2. The highest BCUT2D eigenvalue weighted by molar-refractivity contribution is 8.03. The molecule has 3 atom stereocenters. The zero-order valence-corrected chi connectivity index (χ0v) is 14.8. The molecular formula is C14H18ClN5O3S. The van der Waals surface area contributed by atoms with Crippen LogP contribution in [0.4, 0.5) is 11.8 Å². The van der Waals surface area contributed by atoms with Crippen molar-refractivity contribution in [3.05, 3.63) is 16.8 Å². The van der Waals surface area contributed by atoms with E-state index in [1.807, 2.05) is 14.1 Å². The quantitative estimate of drug-likeness (QED) is 0.463. The lowest BCUT2D eigenvalue weighted by Gasteiger charge is -2.25. The summed E-state index contributed by atoms with van der Waals surface area (Å²) in [4.78, 5) is 17.0. The van der Waals surface area contributed by atoms with Crippen LogP contribution in [0.5, 0.6) is 0 Å². The summed E-state index contributed by atoms with van der Waals surface area (Å²) < 4.78 is 5.71. The smallest absolute Gasteiger partial charge is 0.254 e. The first-order chi connectivity index (χ1) is 11.4. The van der Waals surface area contributed by atoms with Crippen LogP contribution >= 0.6 is 23.4 Å². The Morgan fingerprint density at radius 2 is 2.29 bits per heavy atom. The Bertz CT molecular complexity index is 687. The summed E-state index contributed by atoms with van der Waals surface area (Å²) in [6.07, 6.45) is 0.0693. The Morgan fingerprint density at radius 1 is 1.54 bits per heavy atom. The lowest BCUT2D eigenvalue weighted by Crippen LogP contribution is -2.32. The Labute approximate surface area is 148 Å². The van der Waals surface area contributed by atoms with Crippen molar-refractivity contribution in [3.63, 3.8) is 0 Å². The number of ether oxygens (including phenoxy) is 1. The van der Waals surface area contributed by atoms with Crippen LogP contribution in [0.1, 0.15) is 6.42 Å². The van der Waals surface area contributed by atoms with Gasteiger partial charge in [0.15, 0.2) is 11.0 Å². The predicted octanol–water partition coefficient (Wildman–Crippen LogP) is 1.20. The SMILES string of the molecule is C=C1Sc2c(Cl)nc(/N=C\N(C)C)nc2N1[C@H]1C[C@H](O)[C@@H](CO)O1. The summed E-state index contributed by atoms with van der Waals surface area (Å²) in [5.74, 6) is 0.775.